The summed E-state index contributed by atoms with van der Waals surface area (Å²) in [6.45, 7) is 0.135. The Morgan fingerprint density at radius 1 is 1.10 bits per heavy atom. The molecule has 0 fully saturated rings. The molecule has 2 aromatic rings. The molecular weight excluding hydrogens is 266 g/mol. The molecule has 0 spiro atoms. The molecule has 5 heteroatoms. The molecule has 20 heavy (non-hydrogen) atoms. The molecular formula is C15H12F2O3. The monoisotopic (exact) mass is 278 g/mol. The standard InChI is InChI=1S/C15H12F2O3/c1-19-11-4-2-10(3-5-11)9-20-14-7-6-13(16)15(17)12(14)8-18/h2-8H,9H2,1H3. The lowest BCUT2D eigenvalue weighted by Crippen LogP contribution is -2.01. The van der Waals surface area contributed by atoms with Crippen LogP contribution in [0, 0.1) is 11.6 Å². The van der Waals surface area contributed by atoms with Crippen LogP contribution in [0.3, 0.4) is 0 Å². The van der Waals surface area contributed by atoms with Crippen molar-refractivity contribution in [2.75, 3.05) is 7.11 Å². The quantitative estimate of drug-likeness (QED) is 0.787. The van der Waals surface area contributed by atoms with Crippen LogP contribution < -0.4 is 9.47 Å². The second-order valence-corrected chi connectivity index (χ2v) is 4.03. The topological polar surface area (TPSA) is 35.5 Å². The summed E-state index contributed by atoms with van der Waals surface area (Å²) in [4.78, 5) is 10.8. The van der Waals surface area contributed by atoms with Gasteiger partial charge in [0.05, 0.1) is 12.7 Å². The van der Waals surface area contributed by atoms with Crippen LogP contribution in [0.15, 0.2) is 36.4 Å². The van der Waals surface area contributed by atoms with Gasteiger partial charge in [-0.2, -0.15) is 0 Å². The predicted octanol–water partition coefficient (Wildman–Crippen LogP) is 3.36. The van der Waals surface area contributed by atoms with Gasteiger partial charge in [-0.25, -0.2) is 8.78 Å². The Balaban J connectivity index is 2.14. The number of aldehydes is 1. The van der Waals surface area contributed by atoms with Crippen molar-refractivity contribution in [3.63, 3.8) is 0 Å². The minimum Gasteiger partial charge on any atom is -0.497 e. The van der Waals surface area contributed by atoms with Gasteiger partial charge in [-0.1, -0.05) is 12.1 Å². The Kier molecular flexibility index (Phi) is 4.30. The second kappa shape index (κ2) is 6.14. The van der Waals surface area contributed by atoms with E-state index in [-0.39, 0.29) is 18.6 Å². The maximum atomic E-state index is 13.4. The minimum absolute atomic E-state index is 0.00900. The molecule has 2 rings (SSSR count). The highest BCUT2D eigenvalue weighted by Gasteiger charge is 2.14. The van der Waals surface area contributed by atoms with E-state index in [4.69, 9.17) is 9.47 Å². The summed E-state index contributed by atoms with van der Waals surface area (Å²) >= 11 is 0. The predicted molar refractivity (Wildman–Crippen MR) is 69.1 cm³/mol. The van der Waals surface area contributed by atoms with E-state index in [1.54, 1.807) is 31.4 Å². The fourth-order valence-electron chi connectivity index (χ4n) is 1.67. The van der Waals surface area contributed by atoms with Crippen molar-refractivity contribution in [2.45, 2.75) is 6.61 Å². The van der Waals surface area contributed by atoms with Gasteiger partial charge in [0.15, 0.2) is 17.9 Å². The van der Waals surface area contributed by atoms with Crippen LogP contribution in [0.4, 0.5) is 8.78 Å². The van der Waals surface area contributed by atoms with Crippen LogP contribution in [0.5, 0.6) is 11.5 Å². The zero-order chi connectivity index (χ0) is 14.5. The summed E-state index contributed by atoms with van der Waals surface area (Å²) in [7, 11) is 1.56. The van der Waals surface area contributed by atoms with E-state index in [1.807, 2.05) is 0 Å². The maximum absolute atomic E-state index is 13.4. The Bertz CT molecular complexity index is 609. The molecule has 2 aromatic carbocycles. The number of benzene rings is 2. The molecule has 0 bridgehead atoms. The Labute approximate surface area is 114 Å². The van der Waals surface area contributed by atoms with E-state index in [0.29, 0.717) is 5.75 Å². The van der Waals surface area contributed by atoms with Gasteiger partial charge < -0.3 is 9.47 Å². The smallest absolute Gasteiger partial charge is 0.173 e. The van der Waals surface area contributed by atoms with Crippen molar-refractivity contribution >= 4 is 6.29 Å². The normalized spacial score (nSPS) is 10.2. The summed E-state index contributed by atoms with van der Waals surface area (Å²) in [6, 6.07) is 9.21. The fourth-order valence-corrected chi connectivity index (χ4v) is 1.67. The molecule has 0 amide bonds. The van der Waals surface area contributed by atoms with Gasteiger partial charge in [0.2, 0.25) is 0 Å². The summed E-state index contributed by atoms with van der Waals surface area (Å²) in [5.41, 5.74) is 0.394. The van der Waals surface area contributed by atoms with Crippen molar-refractivity contribution in [2.24, 2.45) is 0 Å². The zero-order valence-corrected chi connectivity index (χ0v) is 10.7. The van der Waals surface area contributed by atoms with Gasteiger partial charge in [0.1, 0.15) is 18.1 Å². The van der Waals surface area contributed by atoms with Crippen LogP contribution in [-0.2, 0) is 6.61 Å². The van der Waals surface area contributed by atoms with Crippen LogP contribution >= 0.6 is 0 Å². The summed E-state index contributed by atoms with van der Waals surface area (Å²) in [5, 5.41) is 0. The molecule has 0 unspecified atom stereocenters. The van der Waals surface area contributed by atoms with Crippen LogP contribution in [0.1, 0.15) is 15.9 Å². The van der Waals surface area contributed by atoms with Crippen LogP contribution in [-0.4, -0.2) is 13.4 Å². The van der Waals surface area contributed by atoms with E-state index in [1.165, 1.54) is 6.07 Å². The average molecular weight is 278 g/mol. The van der Waals surface area contributed by atoms with Crippen LogP contribution in [0.25, 0.3) is 0 Å². The molecule has 0 saturated carbocycles. The summed E-state index contributed by atoms with van der Waals surface area (Å²) in [6.07, 6.45) is 0.238. The molecule has 104 valence electrons. The van der Waals surface area contributed by atoms with Crippen molar-refractivity contribution in [3.05, 3.63) is 59.2 Å². The fraction of sp³-hybridized carbons (Fsp3) is 0.133. The van der Waals surface area contributed by atoms with E-state index in [0.717, 1.165) is 11.6 Å². The van der Waals surface area contributed by atoms with E-state index >= 15 is 0 Å². The van der Waals surface area contributed by atoms with E-state index in [2.05, 4.69) is 0 Å². The molecule has 0 N–H and O–H groups in total. The first-order chi connectivity index (χ1) is 9.65. The molecule has 0 aromatic heterocycles. The Morgan fingerprint density at radius 3 is 2.40 bits per heavy atom. The van der Waals surface area contributed by atoms with Gasteiger partial charge in [0.25, 0.3) is 0 Å². The number of hydrogen-bond acceptors (Lipinski definition) is 3. The molecule has 0 radical (unpaired) electrons. The number of methoxy groups -OCH3 is 1. The highest BCUT2D eigenvalue weighted by atomic mass is 19.2. The molecule has 0 aliphatic heterocycles. The number of halogens is 2. The van der Waals surface area contributed by atoms with Crippen molar-refractivity contribution in [1.29, 1.82) is 0 Å². The number of rotatable bonds is 5. The van der Waals surface area contributed by atoms with Gasteiger partial charge in [-0.15, -0.1) is 0 Å². The van der Waals surface area contributed by atoms with Gasteiger partial charge >= 0.3 is 0 Å². The molecule has 0 saturated heterocycles. The lowest BCUT2D eigenvalue weighted by molar-refractivity contribution is 0.111. The van der Waals surface area contributed by atoms with E-state index < -0.39 is 17.2 Å². The first-order valence-corrected chi connectivity index (χ1v) is 5.84. The van der Waals surface area contributed by atoms with Gasteiger partial charge in [-0.3, -0.25) is 4.79 Å². The average Bonchev–Trinajstić information content (AvgIpc) is 2.49. The molecule has 3 nitrogen and oxygen atoms in total. The minimum atomic E-state index is -1.20. The van der Waals surface area contributed by atoms with Crippen molar-refractivity contribution in [1.82, 2.24) is 0 Å². The number of ether oxygens (including phenoxy) is 2. The van der Waals surface area contributed by atoms with Crippen molar-refractivity contribution in [3.8, 4) is 11.5 Å². The second-order valence-electron chi connectivity index (χ2n) is 4.03. The molecule has 0 heterocycles. The third-order valence-electron chi connectivity index (χ3n) is 2.76. The molecule has 0 aliphatic carbocycles. The van der Waals surface area contributed by atoms with Gasteiger partial charge in [0, 0.05) is 0 Å². The third kappa shape index (κ3) is 2.93. The van der Waals surface area contributed by atoms with Gasteiger partial charge in [-0.05, 0) is 29.8 Å². The van der Waals surface area contributed by atoms with Crippen LogP contribution in [0.2, 0.25) is 0 Å². The molecule has 0 aliphatic rings. The lowest BCUT2D eigenvalue weighted by atomic mass is 10.2. The largest absolute Gasteiger partial charge is 0.497 e. The number of carbonyl (C=O) groups excluding carboxylic acids is 1. The highest BCUT2D eigenvalue weighted by Crippen LogP contribution is 2.23. The summed E-state index contributed by atoms with van der Waals surface area (Å²) in [5.74, 6) is -1.57. The SMILES string of the molecule is COc1ccc(COc2ccc(F)c(F)c2C=O)cc1. The Hall–Kier alpha value is -2.43. The zero-order valence-electron chi connectivity index (χ0n) is 10.7. The first kappa shape index (κ1) is 14.0. The first-order valence-electron chi connectivity index (χ1n) is 5.84. The maximum Gasteiger partial charge on any atom is 0.173 e. The highest BCUT2D eigenvalue weighted by molar-refractivity contribution is 5.79. The molecule has 0 atom stereocenters. The van der Waals surface area contributed by atoms with Crippen molar-refractivity contribution < 1.29 is 23.0 Å². The third-order valence-corrected chi connectivity index (χ3v) is 2.76. The Morgan fingerprint density at radius 2 is 1.80 bits per heavy atom. The number of hydrogen-bond donors (Lipinski definition) is 0. The van der Waals surface area contributed by atoms with E-state index in [9.17, 15) is 13.6 Å². The summed E-state index contributed by atoms with van der Waals surface area (Å²) < 4.78 is 36.7. The lowest BCUT2D eigenvalue weighted by Gasteiger charge is -2.09. The number of carbonyl (C=O) groups is 1.